The van der Waals surface area contributed by atoms with Gasteiger partial charge in [0, 0.05) is 13.6 Å². The smallest absolute Gasteiger partial charge is 0.237 e. The quantitative estimate of drug-likeness (QED) is 0.569. The van der Waals surface area contributed by atoms with Gasteiger partial charge in [-0.25, -0.2) is 8.42 Å². The number of hydrogen-bond acceptors (Lipinski definition) is 4. The van der Waals surface area contributed by atoms with E-state index in [0.717, 1.165) is 0 Å². The molecule has 6 heteroatoms. The number of hydrogen-bond donors (Lipinski definition) is 2. The minimum Gasteiger partial charge on any atom is -0.358 e. The Kier molecular flexibility index (Phi) is 4.19. The Bertz CT molecular complexity index is 248. The molecule has 5 nitrogen and oxygen atoms in total. The Morgan fingerprint density at radius 2 is 2.08 bits per heavy atom. The van der Waals surface area contributed by atoms with E-state index >= 15 is 0 Å². The number of nitrogens with one attached hydrogen (secondary N) is 1. The van der Waals surface area contributed by atoms with E-state index in [1.807, 2.05) is 0 Å². The first-order valence-corrected chi connectivity index (χ1v) is 5.30. The standard InChI is InChI=1S/C6H14N2O3S/c1-5(6(9)8-2)12(10,11)4-3-7/h5H,3-4,7H2,1-2H3,(H,8,9). The Hall–Kier alpha value is -0.620. The molecule has 0 rings (SSSR count). The molecule has 0 aromatic heterocycles. The average molecular weight is 194 g/mol. The Labute approximate surface area is 72.2 Å². The largest absolute Gasteiger partial charge is 0.358 e. The Morgan fingerprint density at radius 3 is 2.42 bits per heavy atom. The number of rotatable bonds is 4. The third kappa shape index (κ3) is 2.78. The van der Waals surface area contributed by atoms with Crippen molar-refractivity contribution in [2.75, 3.05) is 19.3 Å². The van der Waals surface area contributed by atoms with Crippen LogP contribution < -0.4 is 11.1 Å². The highest BCUT2D eigenvalue weighted by atomic mass is 32.2. The van der Waals surface area contributed by atoms with E-state index in [9.17, 15) is 13.2 Å². The summed E-state index contributed by atoms with van der Waals surface area (Å²) in [5, 5.41) is 1.26. The first kappa shape index (κ1) is 11.4. The summed E-state index contributed by atoms with van der Waals surface area (Å²) in [6.45, 7) is 1.40. The summed E-state index contributed by atoms with van der Waals surface area (Å²) in [5.74, 6) is -0.648. The van der Waals surface area contributed by atoms with Gasteiger partial charge in [0.25, 0.3) is 0 Å². The molecule has 1 unspecified atom stereocenters. The van der Waals surface area contributed by atoms with Gasteiger partial charge in [-0.05, 0) is 6.92 Å². The molecule has 0 fully saturated rings. The zero-order valence-corrected chi connectivity index (χ0v) is 8.02. The summed E-state index contributed by atoms with van der Waals surface area (Å²) in [4.78, 5) is 10.9. The number of nitrogens with two attached hydrogens (primary N) is 1. The zero-order valence-electron chi connectivity index (χ0n) is 7.20. The molecule has 0 saturated carbocycles. The van der Waals surface area contributed by atoms with Gasteiger partial charge < -0.3 is 11.1 Å². The average Bonchev–Trinajstić information content (AvgIpc) is 2.01. The molecule has 1 amide bonds. The van der Waals surface area contributed by atoms with Crippen molar-refractivity contribution in [2.24, 2.45) is 5.73 Å². The lowest BCUT2D eigenvalue weighted by Crippen LogP contribution is -2.38. The molecule has 0 aliphatic rings. The molecule has 0 bridgehead atoms. The molecule has 0 aromatic rings. The molecule has 0 aliphatic heterocycles. The fourth-order valence-electron chi connectivity index (χ4n) is 0.707. The minimum atomic E-state index is -3.36. The van der Waals surface area contributed by atoms with Crippen molar-refractivity contribution in [3.63, 3.8) is 0 Å². The Morgan fingerprint density at radius 1 is 1.58 bits per heavy atom. The summed E-state index contributed by atoms with van der Waals surface area (Å²) >= 11 is 0. The van der Waals surface area contributed by atoms with Crippen molar-refractivity contribution in [3.8, 4) is 0 Å². The van der Waals surface area contributed by atoms with Crippen LogP contribution in [0.2, 0.25) is 0 Å². The van der Waals surface area contributed by atoms with Crippen molar-refractivity contribution in [3.05, 3.63) is 0 Å². The van der Waals surface area contributed by atoms with Gasteiger partial charge in [-0.15, -0.1) is 0 Å². The summed E-state index contributed by atoms with van der Waals surface area (Å²) in [6, 6.07) is 0. The maximum atomic E-state index is 11.2. The predicted molar refractivity (Wildman–Crippen MR) is 46.4 cm³/mol. The molecule has 0 aliphatic carbocycles. The lowest BCUT2D eigenvalue weighted by molar-refractivity contribution is -0.119. The normalized spacial score (nSPS) is 13.9. The van der Waals surface area contributed by atoms with E-state index in [-0.39, 0.29) is 12.3 Å². The lowest BCUT2D eigenvalue weighted by Gasteiger charge is -2.09. The SMILES string of the molecule is CNC(=O)C(C)S(=O)(=O)CCN. The van der Waals surface area contributed by atoms with Gasteiger partial charge in [0.15, 0.2) is 9.84 Å². The molecule has 3 N–H and O–H groups in total. The highest BCUT2D eigenvalue weighted by Gasteiger charge is 2.25. The predicted octanol–water partition coefficient (Wildman–Crippen LogP) is -1.51. The zero-order chi connectivity index (χ0) is 9.78. The van der Waals surface area contributed by atoms with Crippen molar-refractivity contribution in [1.29, 1.82) is 0 Å². The monoisotopic (exact) mass is 194 g/mol. The topological polar surface area (TPSA) is 89.3 Å². The van der Waals surface area contributed by atoms with Gasteiger partial charge in [-0.3, -0.25) is 4.79 Å². The molecular weight excluding hydrogens is 180 g/mol. The second-order valence-electron chi connectivity index (χ2n) is 2.41. The first-order valence-electron chi connectivity index (χ1n) is 3.59. The van der Waals surface area contributed by atoms with Crippen molar-refractivity contribution >= 4 is 15.7 Å². The van der Waals surface area contributed by atoms with Crippen LogP contribution >= 0.6 is 0 Å². The second-order valence-corrected chi connectivity index (χ2v) is 4.85. The molecule has 0 spiro atoms. The minimum absolute atomic E-state index is 0.0453. The van der Waals surface area contributed by atoms with Crippen molar-refractivity contribution in [1.82, 2.24) is 5.32 Å². The van der Waals surface area contributed by atoms with Crippen LogP contribution in [0.3, 0.4) is 0 Å². The van der Waals surface area contributed by atoms with E-state index in [1.54, 1.807) is 0 Å². The summed E-state index contributed by atoms with van der Waals surface area (Å²) in [5.41, 5.74) is 5.08. The van der Waals surface area contributed by atoms with Crippen LogP contribution in [0.1, 0.15) is 6.92 Å². The van der Waals surface area contributed by atoms with E-state index in [0.29, 0.717) is 0 Å². The van der Waals surface area contributed by atoms with Gasteiger partial charge in [0.05, 0.1) is 5.75 Å². The highest BCUT2D eigenvalue weighted by molar-refractivity contribution is 7.92. The van der Waals surface area contributed by atoms with E-state index in [4.69, 9.17) is 5.73 Å². The van der Waals surface area contributed by atoms with Crippen LogP contribution in [-0.2, 0) is 14.6 Å². The molecular formula is C6H14N2O3S. The van der Waals surface area contributed by atoms with E-state index in [2.05, 4.69) is 5.32 Å². The van der Waals surface area contributed by atoms with Crippen LogP contribution in [0.15, 0.2) is 0 Å². The number of carbonyl (C=O) groups excluding carboxylic acids is 1. The number of amides is 1. The maximum Gasteiger partial charge on any atom is 0.237 e. The third-order valence-corrected chi connectivity index (χ3v) is 3.65. The van der Waals surface area contributed by atoms with Crippen molar-refractivity contribution in [2.45, 2.75) is 12.2 Å². The van der Waals surface area contributed by atoms with Crippen LogP contribution in [0, 0.1) is 0 Å². The van der Waals surface area contributed by atoms with Crippen LogP contribution in [0.4, 0.5) is 0 Å². The van der Waals surface area contributed by atoms with Gasteiger partial charge in [0.2, 0.25) is 5.91 Å². The second kappa shape index (κ2) is 4.42. The molecule has 0 heterocycles. The molecule has 0 aromatic carbocycles. The maximum absolute atomic E-state index is 11.2. The van der Waals surface area contributed by atoms with E-state index < -0.39 is 21.0 Å². The molecule has 72 valence electrons. The fourth-order valence-corrected chi connectivity index (χ4v) is 1.83. The number of carbonyl (C=O) groups is 1. The lowest BCUT2D eigenvalue weighted by atomic mass is 10.4. The highest BCUT2D eigenvalue weighted by Crippen LogP contribution is 2.00. The van der Waals surface area contributed by atoms with Crippen LogP contribution in [0.25, 0.3) is 0 Å². The summed E-state index contributed by atoms with van der Waals surface area (Å²) in [7, 11) is -1.96. The van der Waals surface area contributed by atoms with Gasteiger partial charge in [-0.1, -0.05) is 0 Å². The molecule has 0 radical (unpaired) electrons. The molecule has 1 atom stereocenters. The van der Waals surface area contributed by atoms with Crippen molar-refractivity contribution < 1.29 is 13.2 Å². The third-order valence-electron chi connectivity index (χ3n) is 1.56. The Balaban J connectivity index is 4.46. The summed E-state index contributed by atoms with van der Waals surface area (Å²) in [6.07, 6.45) is 0. The summed E-state index contributed by atoms with van der Waals surface area (Å²) < 4.78 is 22.4. The van der Waals surface area contributed by atoms with Gasteiger partial charge in [0.1, 0.15) is 5.25 Å². The van der Waals surface area contributed by atoms with Crippen LogP contribution in [0.5, 0.6) is 0 Å². The molecule has 0 saturated heterocycles. The van der Waals surface area contributed by atoms with E-state index in [1.165, 1.54) is 14.0 Å². The van der Waals surface area contributed by atoms with Crippen LogP contribution in [-0.4, -0.2) is 38.9 Å². The molecule has 12 heavy (non-hydrogen) atoms. The first-order chi connectivity index (χ1) is 5.45. The number of sulfone groups is 1. The fraction of sp³-hybridized carbons (Fsp3) is 0.833. The van der Waals surface area contributed by atoms with Gasteiger partial charge in [-0.2, -0.15) is 0 Å². The van der Waals surface area contributed by atoms with Gasteiger partial charge >= 0.3 is 0 Å².